The van der Waals surface area contributed by atoms with Crippen LogP contribution in [0.5, 0.6) is 0 Å². The third-order valence-corrected chi connectivity index (χ3v) is 1.94. The predicted octanol–water partition coefficient (Wildman–Crippen LogP) is 0.839. The summed E-state index contributed by atoms with van der Waals surface area (Å²) < 4.78 is 0. The van der Waals surface area contributed by atoms with Crippen molar-refractivity contribution in [1.82, 2.24) is 9.88 Å². The molecule has 0 atom stereocenters. The molecule has 1 rings (SSSR count). The second-order valence-corrected chi connectivity index (χ2v) is 3.37. The zero-order valence-corrected chi connectivity index (χ0v) is 8.40. The largest absolute Gasteiger partial charge is 0.388 e. The molecule has 0 saturated heterocycles. The molecule has 0 spiro atoms. The fourth-order valence-corrected chi connectivity index (χ4v) is 1.19. The lowest BCUT2D eigenvalue weighted by Gasteiger charge is -2.15. The third kappa shape index (κ3) is 4.00. The van der Waals surface area contributed by atoms with Crippen molar-refractivity contribution in [1.29, 1.82) is 5.41 Å². The Morgan fingerprint density at radius 3 is 3.00 bits per heavy atom. The molecule has 0 aromatic carbocycles. The Balaban J connectivity index is 2.34. The van der Waals surface area contributed by atoms with Gasteiger partial charge in [-0.3, -0.25) is 10.4 Å². The maximum absolute atomic E-state index is 7.11. The first-order valence-corrected chi connectivity index (χ1v) is 4.59. The summed E-state index contributed by atoms with van der Waals surface area (Å²) in [5, 5.41) is 7.11. The molecule has 3 N–H and O–H groups in total. The van der Waals surface area contributed by atoms with Crippen molar-refractivity contribution >= 4 is 5.84 Å². The molecule has 0 saturated carbocycles. The van der Waals surface area contributed by atoms with Gasteiger partial charge in [-0.05, 0) is 18.7 Å². The maximum atomic E-state index is 7.11. The Hall–Kier alpha value is -1.42. The first-order valence-electron chi connectivity index (χ1n) is 4.59. The first-order chi connectivity index (χ1) is 6.68. The van der Waals surface area contributed by atoms with E-state index >= 15 is 0 Å². The minimum absolute atomic E-state index is 0.239. The standard InChI is InChI=1S/C10H16N4/c1-14(6-4-10(11)12)8-9-3-2-5-13-7-9/h2-3,5,7H,4,6,8H2,1H3,(H3,11,12). The molecule has 1 heterocycles. The Labute approximate surface area is 84.3 Å². The van der Waals surface area contributed by atoms with E-state index in [0.29, 0.717) is 6.42 Å². The summed E-state index contributed by atoms with van der Waals surface area (Å²) in [6.45, 7) is 1.66. The molecule has 0 aliphatic rings. The van der Waals surface area contributed by atoms with E-state index in [0.717, 1.165) is 13.1 Å². The zero-order valence-electron chi connectivity index (χ0n) is 8.40. The Bertz CT molecular complexity index is 283. The molecule has 76 valence electrons. The highest BCUT2D eigenvalue weighted by Crippen LogP contribution is 2.00. The van der Waals surface area contributed by atoms with Gasteiger partial charge in [0, 0.05) is 31.9 Å². The molecule has 0 radical (unpaired) electrons. The number of hydrogen-bond acceptors (Lipinski definition) is 3. The average molecular weight is 192 g/mol. The summed E-state index contributed by atoms with van der Waals surface area (Å²) in [6.07, 6.45) is 4.24. The number of nitrogens with two attached hydrogens (primary N) is 1. The van der Waals surface area contributed by atoms with E-state index in [2.05, 4.69) is 9.88 Å². The van der Waals surface area contributed by atoms with Gasteiger partial charge in [-0.15, -0.1) is 0 Å². The lowest BCUT2D eigenvalue weighted by molar-refractivity contribution is 0.336. The number of nitrogens with zero attached hydrogens (tertiary/aromatic N) is 2. The first kappa shape index (κ1) is 10.7. The van der Waals surface area contributed by atoms with Gasteiger partial charge in [-0.25, -0.2) is 0 Å². The SMILES string of the molecule is CN(CCC(=N)N)Cc1cccnc1. The molecule has 0 aliphatic carbocycles. The predicted molar refractivity (Wildman–Crippen MR) is 57.1 cm³/mol. The number of rotatable bonds is 5. The fraction of sp³-hybridized carbons (Fsp3) is 0.400. The van der Waals surface area contributed by atoms with Crippen LogP contribution in [0.3, 0.4) is 0 Å². The quantitative estimate of drug-likeness (QED) is 0.536. The van der Waals surface area contributed by atoms with E-state index in [1.165, 1.54) is 5.56 Å². The number of amidine groups is 1. The van der Waals surface area contributed by atoms with Crippen LogP contribution in [-0.2, 0) is 6.54 Å². The third-order valence-electron chi connectivity index (χ3n) is 1.94. The van der Waals surface area contributed by atoms with Crippen LogP contribution in [0.2, 0.25) is 0 Å². The fourth-order valence-electron chi connectivity index (χ4n) is 1.19. The van der Waals surface area contributed by atoms with Crippen molar-refractivity contribution in [3.8, 4) is 0 Å². The Morgan fingerprint density at radius 2 is 2.43 bits per heavy atom. The lowest BCUT2D eigenvalue weighted by atomic mass is 10.2. The van der Waals surface area contributed by atoms with Crippen LogP contribution in [0.1, 0.15) is 12.0 Å². The van der Waals surface area contributed by atoms with Gasteiger partial charge in [-0.2, -0.15) is 0 Å². The molecule has 0 unspecified atom stereocenters. The minimum atomic E-state index is 0.239. The smallest absolute Gasteiger partial charge is 0.0918 e. The van der Waals surface area contributed by atoms with Crippen LogP contribution in [0, 0.1) is 5.41 Å². The van der Waals surface area contributed by atoms with Gasteiger partial charge in [0.25, 0.3) is 0 Å². The second-order valence-electron chi connectivity index (χ2n) is 3.37. The van der Waals surface area contributed by atoms with Gasteiger partial charge >= 0.3 is 0 Å². The summed E-state index contributed by atoms with van der Waals surface area (Å²) in [4.78, 5) is 6.16. The molecule has 4 nitrogen and oxygen atoms in total. The molecule has 1 aromatic heterocycles. The molecular formula is C10H16N4. The van der Waals surface area contributed by atoms with Crippen molar-refractivity contribution in [3.63, 3.8) is 0 Å². The highest BCUT2D eigenvalue weighted by Gasteiger charge is 2.00. The average Bonchev–Trinajstić information content (AvgIpc) is 2.16. The maximum Gasteiger partial charge on any atom is 0.0918 e. The van der Waals surface area contributed by atoms with Crippen molar-refractivity contribution in [2.24, 2.45) is 5.73 Å². The van der Waals surface area contributed by atoms with E-state index < -0.39 is 0 Å². The van der Waals surface area contributed by atoms with Crippen molar-refractivity contribution in [2.45, 2.75) is 13.0 Å². The molecule has 14 heavy (non-hydrogen) atoms. The summed E-state index contributed by atoms with van der Waals surface area (Å²) >= 11 is 0. The Morgan fingerprint density at radius 1 is 1.64 bits per heavy atom. The van der Waals surface area contributed by atoms with Crippen molar-refractivity contribution in [3.05, 3.63) is 30.1 Å². The number of nitrogens with one attached hydrogen (secondary N) is 1. The van der Waals surface area contributed by atoms with Crippen LogP contribution in [0.25, 0.3) is 0 Å². The molecule has 0 amide bonds. The summed E-state index contributed by atoms with van der Waals surface area (Å²) in [5.41, 5.74) is 6.46. The van der Waals surface area contributed by atoms with Gasteiger partial charge < -0.3 is 10.6 Å². The van der Waals surface area contributed by atoms with Crippen molar-refractivity contribution in [2.75, 3.05) is 13.6 Å². The molecule has 1 aromatic rings. The van der Waals surface area contributed by atoms with Gasteiger partial charge in [-0.1, -0.05) is 6.07 Å². The number of hydrogen-bond donors (Lipinski definition) is 2. The molecular weight excluding hydrogens is 176 g/mol. The number of aromatic nitrogens is 1. The van der Waals surface area contributed by atoms with Gasteiger partial charge in [0.05, 0.1) is 5.84 Å². The van der Waals surface area contributed by atoms with Gasteiger partial charge in [0.15, 0.2) is 0 Å². The van der Waals surface area contributed by atoms with Crippen molar-refractivity contribution < 1.29 is 0 Å². The van der Waals surface area contributed by atoms with E-state index in [-0.39, 0.29) is 5.84 Å². The van der Waals surface area contributed by atoms with Crippen LogP contribution < -0.4 is 5.73 Å². The van der Waals surface area contributed by atoms with Gasteiger partial charge in [0.1, 0.15) is 0 Å². The van der Waals surface area contributed by atoms with E-state index in [9.17, 15) is 0 Å². The summed E-state index contributed by atoms with van der Waals surface area (Å²) in [7, 11) is 2.01. The minimum Gasteiger partial charge on any atom is -0.388 e. The van der Waals surface area contributed by atoms with E-state index in [4.69, 9.17) is 11.1 Å². The monoisotopic (exact) mass is 192 g/mol. The normalized spacial score (nSPS) is 10.4. The van der Waals surface area contributed by atoms with Crippen LogP contribution in [0.15, 0.2) is 24.5 Å². The molecule has 0 fully saturated rings. The molecule has 0 aliphatic heterocycles. The topological polar surface area (TPSA) is 66.0 Å². The highest BCUT2D eigenvalue weighted by molar-refractivity contribution is 5.76. The van der Waals surface area contributed by atoms with Crippen LogP contribution >= 0.6 is 0 Å². The van der Waals surface area contributed by atoms with E-state index in [1.807, 2.05) is 25.4 Å². The molecule has 4 heteroatoms. The Kier molecular flexibility index (Phi) is 4.07. The van der Waals surface area contributed by atoms with Gasteiger partial charge in [0.2, 0.25) is 0 Å². The summed E-state index contributed by atoms with van der Waals surface area (Å²) in [6, 6.07) is 3.96. The zero-order chi connectivity index (χ0) is 10.4. The van der Waals surface area contributed by atoms with E-state index in [1.54, 1.807) is 6.20 Å². The lowest BCUT2D eigenvalue weighted by Crippen LogP contribution is -2.23. The van der Waals surface area contributed by atoms with Crippen LogP contribution in [0.4, 0.5) is 0 Å². The molecule has 0 bridgehead atoms. The van der Waals surface area contributed by atoms with Crippen LogP contribution in [-0.4, -0.2) is 29.3 Å². The highest BCUT2D eigenvalue weighted by atomic mass is 15.1. The number of pyridine rings is 1. The summed E-state index contributed by atoms with van der Waals surface area (Å²) in [5.74, 6) is 0.239. The second kappa shape index (κ2) is 5.34.